The van der Waals surface area contributed by atoms with Crippen LogP contribution in [-0.4, -0.2) is 17.3 Å². The zero-order valence-corrected chi connectivity index (χ0v) is 11.0. The van der Waals surface area contributed by atoms with Gasteiger partial charge in [-0.15, -0.1) is 0 Å². The van der Waals surface area contributed by atoms with Crippen LogP contribution in [0.3, 0.4) is 0 Å². The number of halogens is 1. The van der Waals surface area contributed by atoms with Crippen molar-refractivity contribution in [3.63, 3.8) is 0 Å². The summed E-state index contributed by atoms with van der Waals surface area (Å²) in [6.45, 7) is 5.89. The zero-order chi connectivity index (χ0) is 13.3. The minimum atomic E-state index is -0.301. The van der Waals surface area contributed by atoms with Crippen molar-refractivity contribution >= 4 is 0 Å². The van der Waals surface area contributed by atoms with E-state index in [1.807, 2.05) is 26.8 Å². The van der Waals surface area contributed by atoms with Gasteiger partial charge in [-0.1, -0.05) is 20.8 Å². The van der Waals surface area contributed by atoms with Gasteiger partial charge in [0.15, 0.2) is 0 Å². The molecule has 1 heterocycles. The molecule has 0 bridgehead atoms. The summed E-state index contributed by atoms with van der Waals surface area (Å²) in [6, 6.07) is 3.36. The van der Waals surface area contributed by atoms with Crippen LogP contribution in [0, 0.1) is 5.82 Å². The number of H-pyrrole nitrogens is 1. The maximum Gasteiger partial charge on any atom is 0.131 e. The smallest absolute Gasteiger partial charge is 0.131 e. The third kappa shape index (κ3) is 2.23. The van der Waals surface area contributed by atoms with Gasteiger partial charge in [-0.05, 0) is 23.1 Å². The Morgan fingerprint density at radius 1 is 1.22 bits per heavy atom. The third-order valence-corrected chi connectivity index (χ3v) is 2.86. The number of aromatic amines is 1. The Hall–Kier alpha value is -1.84. The summed E-state index contributed by atoms with van der Waals surface area (Å²) in [7, 11) is 1.56. The van der Waals surface area contributed by atoms with Crippen molar-refractivity contribution in [2.45, 2.75) is 26.2 Å². The number of rotatable bonds is 2. The molecule has 2 aromatic rings. The van der Waals surface area contributed by atoms with Crippen LogP contribution in [0.4, 0.5) is 4.39 Å². The standard InChI is InChI=1S/C14H17FN2O/c1-14(2,3)13-11(15)5-9(6-12(13)18-4)10-7-16-17-8-10/h5-8H,1-4H3,(H,16,17). The van der Waals surface area contributed by atoms with Crippen LogP contribution >= 0.6 is 0 Å². The Morgan fingerprint density at radius 3 is 2.44 bits per heavy atom. The van der Waals surface area contributed by atoms with Gasteiger partial charge in [0.05, 0.1) is 13.3 Å². The molecular weight excluding hydrogens is 231 g/mol. The molecule has 0 spiro atoms. The van der Waals surface area contributed by atoms with E-state index in [0.717, 1.165) is 11.1 Å². The molecule has 18 heavy (non-hydrogen) atoms. The highest BCUT2D eigenvalue weighted by Gasteiger charge is 2.24. The fourth-order valence-corrected chi connectivity index (χ4v) is 2.05. The molecule has 1 aromatic carbocycles. The van der Waals surface area contributed by atoms with Crippen molar-refractivity contribution in [2.24, 2.45) is 0 Å². The van der Waals surface area contributed by atoms with Gasteiger partial charge < -0.3 is 4.74 Å². The molecule has 2 rings (SSSR count). The Bertz CT molecular complexity index is 542. The summed E-state index contributed by atoms with van der Waals surface area (Å²) >= 11 is 0. The monoisotopic (exact) mass is 248 g/mol. The van der Waals surface area contributed by atoms with Crippen LogP contribution in [0.15, 0.2) is 24.5 Å². The predicted molar refractivity (Wildman–Crippen MR) is 69.2 cm³/mol. The summed E-state index contributed by atoms with van der Waals surface area (Å²) < 4.78 is 19.6. The Morgan fingerprint density at radius 2 is 1.94 bits per heavy atom. The summed E-state index contributed by atoms with van der Waals surface area (Å²) in [5.41, 5.74) is 1.89. The van der Waals surface area contributed by atoms with E-state index >= 15 is 0 Å². The number of ether oxygens (including phenoxy) is 1. The number of nitrogens with one attached hydrogen (secondary N) is 1. The lowest BCUT2D eigenvalue weighted by Crippen LogP contribution is -2.15. The van der Waals surface area contributed by atoms with Crippen LogP contribution in [0.5, 0.6) is 5.75 Å². The Kier molecular flexibility index (Phi) is 3.11. The maximum absolute atomic E-state index is 14.3. The minimum Gasteiger partial charge on any atom is -0.496 e. The first-order chi connectivity index (χ1) is 8.43. The van der Waals surface area contributed by atoms with Crippen molar-refractivity contribution in [3.8, 4) is 16.9 Å². The lowest BCUT2D eigenvalue weighted by atomic mass is 9.85. The van der Waals surface area contributed by atoms with E-state index in [2.05, 4.69) is 10.2 Å². The molecule has 1 N–H and O–H groups in total. The first-order valence-electron chi connectivity index (χ1n) is 5.80. The van der Waals surface area contributed by atoms with Gasteiger partial charge in [-0.3, -0.25) is 5.10 Å². The molecule has 0 fully saturated rings. The molecule has 96 valence electrons. The summed E-state index contributed by atoms with van der Waals surface area (Å²) in [6.07, 6.45) is 3.38. The Balaban J connectivity index is 2.61. The highest BCUT2D eigenvalue weighted by molar-refractivity contribution is 5.65. The van der Waals surface area contributed by atoms with Gasteiger partial charge in [0.2, 0.25) is 0 Å². The van der Waals surface area contributed by atoms with E-state index in [4.69, 9.17) is 4.74 Å². The number of benzene rings is 1. The molecule has 0 aliphatic rings. The quantitative estimate of drug-likeness (QED) is 0.883. The molecule has 3 nitrogen and oxygen atoms in total. The SMILES string of the molecule is COc1cc(-c2cn[nH]c2)cc(F)c1C(C)(C)C. The molecule has 1 aromatic heterocycles. The van der Waals surface area contributed by atoms with E-state index in [-0.39, 0.29) is 11.2 Å². The van der Waals surface area contributed by atoms with Crippen LogP contribution in [0.2, 0.25) is 0 Å². The molecule has 0 unspecified atom stereocenters. The highest BCUT2D eigenvalue weighted by atomic mass is 19.1. The molecule has 0 saturated heterocycles. The molecule has 0 aliphatic heterocycles. The fourth-order valence-electron chi connectivity index (χ4n) is 2.05. The van der Waals surface area contributed by atoms with Gasteiger partial charge in [0, 0.05) is 17.3 Å². The first-order valence-corrected chi connectivity index (χ1v) is 5.80. The largest absolute Gasteiger partial charge is 0.496 e. The van der Waals surface area contributed by atoms with Crippen LogP contribution in [0.1, 0.15) is 26.3 Å². The average molecular weight is 248 g/mol. The molecular formula is C14H17FN2O. The van der Waals surface area contributed by atoms with Crippen molar-refractivity contribution in [1.29, 1.82) is 0 Å². The van der Waals surface area contributed by atoms with E-state index < -0.39 is 0 Å². The third-order valence-electron chi connectivity index (χ3n) is 2.86. The number of hydrogen-bond donors (Lipinski definition) is 1. The van der Waals surface area contributed by atoms with Crippen molar-refractivity contribution in [2.75, 3.05) is 7.11 Å². The van der Waals surface area contributed by atoms with Gasteiger partial charge in [0.25, 0.3) is 0 Å². The molecule has 0 aliphatic carbocycles. The second-order valence-corrected chi connectivity index (χ2v) is 5.27. The average Bonchev–Trinajstić information content (AvgIpc) is 2.79. The normalized spacial score (nSPS) is 11.6. The maximum atomic E-state index is 14.3. The number of nitrogens with zero attached hydrogens (tertiary/aromatic N) is 1. The van der Waals surface area contributed by atoms with Crippen LogP contribution in [0.25, 0.3) is 11.1 Å². The molecule has 4 heteroatoms. The summed E-state index contributed by atoms with van der Waals surface area (Å²) in [5, 5.41) is 6.58. The summed E-state index contributed by atoms with van der Waals surface area (Å²) in [5.74, 6) is 0.316. The molecule has 0 amide bonds. The van der Waals surface area contributed by atoms with Gasteiger partial charge in [-0.25, -0.2) is 4.39 Å². The van der Waals surface area contributed by atoms with Crippen molar-refractivity contribution < 1.29 is 9.13 Å². The second-order valence-electron chi connectivity index (χ2n) is 5.27. The molecule has 0 radical (unpaired) electrons. The van der Waals surface area contributed by atoms with E-state index in [1.54, 1.807) is 19.5 Å². The van der Waals surface area contributed by atoms with Crippen molar-refractivity contribution in [3.05, 3.63) is 35.9 Å². The van der Waals surface area contributed by atoms with E-state index in [1.165, 1.54) is 6.07 Å². The Labute approximate surface area is 106 Å². The number of aromatic nitrogens is 2. The van der Waals surface area contributed by atoms with E-state index in [9.17, 15) is 4.39 Å². The fraction of sp³-hybridized carbons (Fsp3) is 0.357. The van der Waals surface area contributed by atoms with E-state index in [0.29, 0.717) is 11.3 Å². The van der Waals surface area contributed by atoms with Gasteiger partial charge in [0.1, 0.15) is 11.6 Å². The molecule has 0 saturated carbocycles. The summed E-state index contributed by atoms with van der Waals surface area (Å²) in [4.78, 5) is 0. The van der Waals surface area contributed by atoms with Gasteiger partial charge >= 0.3 is 0 Å². The highest BCUT2D eigenvalue weighted by Crippen LogP contribution is 2.36. The van der Waals surface area contributed by atoms with Crippen LogP contribution < -0.4 is 4.74 Å². The molecule has 0 atom stereocenters. The van der Waals surface area contributed by atoms with Gasteiger partial charge in [-0.2, -0.15) is 5.10 Å². The first kappa shape index (κ1) is 12.6. The number of hydrogen-bond acceptors (Lipinski definition) is 2. The minimum absolute atomic E-state index is 0.252. The lowest BCUT2D eigenvalue weighted by molar-refractivity contribution is 0.388. The zero-order valence-electron chi connectivity index (χ0n) is 11.0. The predicted octanol–water partition coefficient (Wildman–Crippen LogP) is 3.52. The van der Waals surface area contributed by atoms with Crippen LogP contribution in [-0.2, 0) is 5.41 Å². The lowest BCUT2D eigenvalue weighted by Gasteiger charge is -2.23. The topological polar surface area (TPSA) is 37.9 Å². The number of methoxy groups -OCH3 is 1. The van der Waals surface area contributed by atoms with Crippen molar-refractivity contribution in [1.82, 2.24) is 10.2 Å². The second kappa shape index (κ2) is 4.44.